The first-order valence-corrected chi connectivity index (χ1v) is 8.12. The van der Waals surface area contributed by atoms with Crippen molar-refractivity contribution in [3.05, 3.63) is 71.9 Å². The average Bonchev–Trinajstić information content (AvgIpc) is 3.26. The number of para-hydroxylation sites is 1. The van der Waals surface area contributed by atoms with Gasteiger partial charge in [0.2, 0.25) is 0 Å². The van der Waals surface area contributed by atoms with E-state index in [2.05, 4.69) is 20.4 Å². The first-order chi connectivity index (χ1) is 12.6. The van der Waals surface area contributed by atoms with Gasteiger partial charge in [-0.25, -0.2) is 19.0 Å². The van der Waals surface area contributed by atoms with Gasteiger partial charge >= 0.3 is 5.97 Å². The molecule has 1 aromatic carbocycles. The highest BCUT2D eigenvalue weighted by Crippen LogP contribution is 2.20. The Kier molecular flexibility index (Phi) is 3.92. The molecule has 0 spiro atoms. The van der Waals surface area contributed by atoms with Gasteiger partial charge in [-0.1, -0.05) is 23.4 Å². The maximum atomic E-state index is 12.6. The molecule has 0 fully saturated rings. The van der Waals surface area contributed by atoms with Crippen LogP contribution in [-0.4, -0.2) is 35.6 Å². The van der Waals surface area contributed by atoms with Crippen molar-refractivity contribution >= 4 is 11.6 Å². The third kappa shape index (κ3) is 2.81. The van der Waals surface area contributed by atoms with Gasteiger partial charge < -0.3 is 4.74 Å². The molecule has 0 aliphatic carbocycles. The Morgan fingerprint density at radius 1 is 1.19 bits per heavy atom. The van der Waals surface area contributed by atoms with Crippen molar-refractivity contribution in [1.82, 2.24) is 29.6 Å². The third-order valence-electron chi connectivity index (χ3n) is 4.01. The van der Waals surface area contributed by atoms with Crippen LogP contribution in [0.4, 0.5) is 0 Å². The van der Waals surface area contributed by atoms with Crippen LogP contribution in [0.15, 0.2) is 55.0 Å². The van der Waals surface area contributed by atoms with Gasteiger partial charge in [0.1, 0.15) is 17.4 Å². The topological polar surface area (TPSA) is 87.2 Å². The van der Waals surface area contributed by atoms with Crippen LogP contribution in [-0.2, 0) is 4.74 Å². The molecule has 1 atom stereocenters. The zero-order valence-electron chi connectivity index (χ0n) is 14.3. The molecule has 8 heteroatoms. The van der Waals surface area contributed by atoms with E-state index in [0.29, 0.717) is 22.6 Å². The summed E-state index contributed by atoms with van der Waals surface area (Å²) < 4.78 is 8.77. The fraction of sp³-hybridized carbons (Fsp3) is 0.167. The second kappa shape index (κ2) is 6.40. The number of carbonyl (C=O) groups excluding carboxylic acids is 1. The molecule has 0 aliphatic heterocycles. The standard InChI is InChI=1S/C18H16N6O2/c1-12-16(17-19-9-6-10-23(17)21-12)18(25)26-13(2)15-11-24(22-20-15)14-7-4-3-5-8-14/h3-11,13H,1-2H3. The Bertz CT molecular complexity index is 1070. The van der Waals surface area contributed by atoms with Crippen LogP contribution in [0.25, 0.3) is 11.3 Å². The molecular formula is C18H16N6O2. The molecule has 0 amide bonds. The van der Waals surface area contributed by atoms with E-state index in [0.717, 1.165) is 5.69 Å². The summed E-state index contributed by atoms with van der Waals surface area (Å²) in [6.07, 6.45) is 4.54. The number of benzene rings is 1. The number of nitrogens with zero attached hydrogens (tertiary/aromatic N) is 6. The Hall–Kier alpha value is -3.55. The molecule has 0 bridgehead atoms. The van der Waals surface area contributed by atoms with Crippen LogP contribution in [0, 0.1) is 6.92 Å². The van der Waals surface area contributed by atoms with E-state index in [1.165, 1.54) is 0 Å². The maximum Gasteiger partial charge on any atom is 0.344 e. The molecule has 0 aliphatic rings. The van der Waals surface area contributed by atoms with Crippen molar-refractivity contribution in [3.8, 4) is 5.69 Å². The van der Waals surface area contributed by atoms with Crippen molar-refractivity contribution in [2.45, 2.75) is 20.0 Å². The Balaban J connectivity index is 1.56. The summed E-state index contributed by atoms with van der Waals surface area (Å²) in [5.74, 6) is -0.488. The lowest BCUT2D eigenvalue weighted by atomic mass is 10.2. The molecule has 0 saturated carbocycles. The SMILES string of the molecule is Cc1nn2cccnc2c1C(=O)OC(C)c1cn(-c2ccccc2)nn1. The quantitative estimate of drug-likeness (QED) is 0.527. The van der Waals surface area contributed by atoms with E-state index in [-0.39, 0.29) is 0 Å². The van der Waals surface area contributed by atoms with Gasteiger partial charge in [0, 0.05) is 12.4 Å². The van der Waals surface area contributed by atoms with Crippen molar-refractivity contribution in [2.75, 3.05) is 0 Å². The highest BCUT2D eigenvalue weighted by molar-refractivity contribution is 5.97. The second-order valence-electron chi connectivity index (χ2n) is 5.82. The fourth-order valence-corrected chi connectivity index (χ4v) is 2.69. The Morgan fingerprint density at radius 3 is 2.81 bits per heavy atom. The number of aryl methyl sites for hydroxylation is 1. The average molecular weight is 348 g/mol. The number of esters is 1. The van der Waals surface area contributed by atoms with E-state index < -0.39 is 12.1 Å². The highest BCUT2D eigenvalue weighted by atomic mass is 16.5. The normalized spacial score (nSPS) is 12.2. The van der Waals surface area contributed by atoms with Crippen LogP contribution in [0.5, 0.6) is 0 Å². The zero-order chi connectivity index (χ0) is 18.1. The summed E-state index contributed by atoms with van der Waals surface area (Å²) >= 11 is 0. The molecule has 3 heterocycles. The molecule has 0 saturated heterocycles. The predicted octanol–water partition coefficient (Wildman–Crippen LogP) is 2.54. The maximum absolute atomic E-state index is 12.6. The summed E-state index contributed by atoms with van der Waals surface area (Å²) in [4.78, 5) is 16.8. The number of hydrogen-bond donors (Lipinski definition) is 0. The van der Waals surface area contributed by atoms with E-state index in [9.17, 15) is 4.79 Å². The summed E-state index contributed by atoms with van der Waals surface area (Å²) in [6, 6.07) is 11.4. The third-order valence-corrected chi connectivity index (χ3v) is 4.01. The summed E-state index contributed by atoms with van der Waals surface area (Å²) in [6.45, 7) is 3.51. The molecule has 3 aromatic heterocycles. The van der Waals surface area contributed by atoms with Gasteiger partial charge in [-0.05, 0) is 32.0 Å². The largest absolute Gasteiger partial charge is 0.452 e. The van der Waals surface area contributed by atoms with Crippen molar-refractivity contribution in [1.29, 1.82) is 0 Å². The molecular weight excluding hydrogens is 332 g/mol. The van der Waals surface area contributed by atoms with Crippen molar-refractivity contribution in [3.63, 3.8) is 0 Å². The van der Waals surface area contributed by atoms with Crippen molar-refractivity contribution in [2.24, 2.45) is 0 Å². The first-order valence-electron chi connectivity index (χ1n) is 8.12. The number of rotatable bonds is 4. The Labute approximate surface area is 149 Å². The minimum Gasteiger partial charge on any atom is -0.452 e. The van der Waals surface area contributed by atoms with Gasteiger partial charge in [0.15, 0.2) is 5.65 Å². The summed E-state index contributed by atoms with van der Waals surface area (Å²) in [5.41, 5.74) is 2.83. The van der Waals surface area contributed by atoms with Crippen LogP contribution >= 0.6 is 0 Å². The molecule has 0 radical (unpaired) electrons. The molecule has 0 N–H and O–H groups in total. The highest BCUT2D eigenvalue weighted by Gasteiger charge is 2.23. The number of ether oxygens (including phenoxy) is 1. The van der Waals surface area contributed by atoms with E-state index >= 15 is 0 Å². The van der Waals surface area contributed by atoms with Crippen LogP contribution in [0.1, 0.15) is 34.8 Å². The zero-order valence-corrected chi connectivity index (χ0v) is 14.3. The van der Waals surface area contributed by atoms with Crippen molar-refractivity contribution < 1.29 is 9.53 Å². The first kappa shape index (κ1) is 15.9. The smallest absolute Gasteiger partial charge is 0.344 e. The number of aromatic nitrogens is 6. The molecule has 8 nitrogen and oxygen atoms in total. The number of fused-ring (bicyclic) bond motifs is 1. The lowest BCUT2D eigenvalue weighted by Crippen LogP contribution is -2.11. The molecule has 130 valence electrons. The van der Waals surface area contributed by atoms with Crippen LogP contribution in [0.3, 0.4) is 0 Å². The van der Waals surface area contributed by atoms with Gasteiger partial charge in [0.05, 0.1) is 17.6 Å². The van der Waals surface area contributed by atoms with Gasteiger partial charge in [-0.15, -0.1) is 5.10 Å². The fourth-order valence-electron chi connectivity index (χ4n) is 2.69. The van der Waals surface area contributed by atoms with E-state index in [1.54, 1.807) is 47.7 Å². The molecule has 1 unspecified atom stereocenters. The molecule has 4 rings (SSSR count). The summed E-state index contributed by atoms with van der Waals surface area (Å²) in [5, 5.41) is 12.5. The van der Waals surface area contributed by atoms with Gasteiger partial charge in [0.25, 0.3) is 0 Å². The Morgan fingerprint density at radius 2 is 2.00 bits per heavy atom. The number of carbonyl (C=O) groups is 1. The monoisotopic (exact) mass is 348 g/mol. The minimum atomic E-state index is -0.557. The van der Waals surface area contributed by atoms with Gasteiger partial charge in [-0.3, -0.25) is 0 Å². The van der Waals surface area contributed by atoms with E-state index in [1.807, 2.05) is 30.3 Å². The second-order valence-corrected chi connectivity index (χ2v) is 5.82. The minimum absolute atomic E-state index is 0.355. The molecule has 4 aromatic rings. The van der Waals surface area contributed by atoms with Crippen LogP contribution < -0.4 is 0 Å². The predicted molar refractivity (Wildman–Crippen MR) is 92.9 cm³/mol. The lowest BCUT2D eigenvalue weighted by Gasteiger charge is -2.10. The lowest BCUT2D eigenvalue weighted by molar-refractivity contribution is 0.0330. The van der Waals surface area contributed by atoms with Crippen LogP contribution in [0.2, 0.25) is 0 Å². The van der Waals surface area contributed by atoms with E-state index in [4.69, 9.17) is 4.74 Å². The number of hydrogen-bond acceptors (Lipinski definition) is 6. The van der Waals surface area contributed by atoms with Gasteiger partial charge in [-0.2, -0.15) is 5.10 Å². The summed E-state index contributed by atoms with van der Waals surface area (Å²) in [7, 11) is 0. The molecule has 26 heavy (non-hydrogen) atoms.